The van der Waals surface area contributed by atoms with Crippen molar-refractivity contribution in [1.29, 1.82) is 0 Å². The van der Waals surface area contributed by atoms with E-state index in [-0.39, 0.29) is 12.5 Å². The Balaban J connectivity index is 1.91. The van der Waals surface area contributed by atoms with Gasteiger partial charge in [0.2, 0.25) is 0 Å². The molecule has 0 aromatic heterocycles. The van der Waals surface area contributed by atoms with E-state index in [4.69, 9.17) is 4.74 Å². The Bertz CT molecular complexity index is 481. The minimum Gasteiger partial charge on any atom is -0.484 e. The molecule has 1 saturated carbocycles. The fraction of sp³-hybridized carbons (Fsp3) is 0.588. The number of aliphatic hydroxyl groups is 1. The Kier molecular flexibility index (Phi) is 5.23. The van der Waals surface area contributed by atoms with Crippen molar-refractivity contribution in [2.24, 2.45) is 5.92 Å². The van der Waals surface area contributed by atoms with Crippen molar-refractivity contribution >= 4 is 5.91 Å². The van der Waals surface area contributed by atoms with E-state index in [1.165, 1.54) is 0 Å². The Hall–Kier alpha value is -1.55. The summed E-state index contributed by atoms with van der Waals surface area (Å²) < 4.78 is 5.60. The highest BCUT2D eigenvalue weighted by Gasteiger charge is 2.32. The van der Waals surface area contributed by atoms with E-state index in [2.05, 4.69) is 13.8 Å². The summed E-state index contributed by atoms with van der Waals surface area (Å²) in [5.74, 6) is 1.14. The predicted molar refractivity (Wildman–Crippen MR) is 82.1 cm³/mol. The van der Waals surface area contributed by atoms with Crippen molar-refractivity contribution in [3.8, 4) is 5.75 Å². The maximum absolute atomic E-state index is 12.3. The second kappa shape index (κ2) is 6.94. The Morgan fingerprint density at radius 3 is 2.67 bits per heavy atom. The standard InChI is InChI=1S/C17H25NO3/c1-12(2)10-18(15-7-8-15)17(20)11-21-16-6-4-5-14(9-16)13(3)19/h4-6,9,12-13,15,19H,7-8,10-11H2,1-3H3. The molecule has 0 aliphatic heterocycles. The molecule has 1 aromatic carbocycles. The lowest BCUT2D eigenvalue weighted by Gasteiger charge is -2.24. The zero-order valence-electron chi connectivity index (χ0n) is 13.1. The van der Waals surface area contributed by atoms with E-state index in [1.807, 2.05) is 23.1 Å². The van der Waals surface area contributed by atoms with Crippen LogP contribution in [0.15, 0.2) is 24.3 Å². The van der Waals surface area contributed by atoms with Crippen LogP contribution in [-0.2, 0) is 4.79 Å². The highest BCUT2D eigenvalue weighted by Crippen LogP contribution is 2.28. The molecule has 0 spiro atoms. The summed E-state index contributed by atoms with van der Waals surface area (Å²) in [6.07, 6.45) is 1.68. The number of benzene rings is 1. The van der Waals surface area contributed by atoms with Gasteiger partial charge in [0.1, 0.15) is 5.75 Å². The number of rotatable bonds is 7. The molecule has 116 valence electrons. The Labute approximate surface area is 126 Å². The average Bonchev–Trinajstić information content (AvgIpc) is 3.26. The van der Waals surface area contributed by atoms with Gasteiger partial charge in [-0.2, -0.15) is 0 Å². The summed E-state index contributed by atoms with van der Waals surface area (Å²) in [4.78, 5) is 14.3. The number of ether oxygens (including phenoxy) is 1. The second-order valence-corrected chi connectivity index (χ2v) is 6.21. The van der Waals surface area contributed by atoms with Gasteiger partial charge in [0.05, 0.1) is 6.10 Å². The number of aliphatic hydroxyl groups excluding tert-OH is 1. The molecule has 4 nitrogen and oxygen atoms in total. The Morgan fingerprint density at radius 2 is 2.10 bits per heavy atom. The molecule has 2 rings (SSSR count). The molecule has 1 aliphatic carbocycles. The molecule has 0 radical (unpaired) electrons. The van der Waals surface area contributed by atoms with Crippen LogP contribution in [0.3, 0.4) is 0 Å². The van der Waals surface area contributed by atoms with Crippen LogP contribution in [0.2, 0.25) is 0 Å². The number of amides is 1. The monoisotopic (exact) mass is 291 g/mol. The second-order valence-electron chi connectivity index (χ2n) is 6.21. The van der Waals surface area contributed by atoms with E-state index in [9.17, 15) is 9.90 Å². The molecular weight excluding hydrogens is 266 g/mol. The molecule has 1 N–H and O–H groups in total. The van der Waals surface area contributed by atoms with E-state index in [1.54, 1.807) is 13.0 Å². The lowest BCUT2D eigenvalue weighted by atomic mass is 10.1. The van der Waals surface area contributed by atoms with Gasteiger partial charge in [-0.15, -0.1) is 0 Å². The van der Waals surface area contributed by atoms with Crippen LogP contribution in [0.1, 0.15) is 45.3 Å². The van der Waals surface area contributed by atoms with Crippen molar-refractivity contribution in [3.05, 3.63) is 29.8 Å². The van der Waals surface area contributed by atoms with Gasteiger partial charge >= 0.3 is 0 Å². The first-order valence-electron chi connectivity index (χ1n) is 7.67. The van der Waals surface area contributed by atoms with E-state index in [0.717, 1.165) is 24.9 Å². The summed E-state index contributed by atoms with van der Waals surface area (Å²) in [7, 11) is 0. The lowest BCUT2D eigenvalue weighted by molar-refractivity contribution is -0.134. The SMILES string of the molecule is CC(C)CN(C(=O)COc1cccc(C(C)O)c1)C1CC1. The highest BCUT2D eigenvalue weighted by molar-refractivity contribution is 5.78. The maximum Gasteiger partial charge on any atom is 0.260 e. The molecule has 1 fully saturated rings. The van der Waals surface area contributed by atoms with Crippen LogP contribution in [0, 0.1) is 5.92 Å². The van der Waals surface area contributed by atoms with Crippen molar-refractivity contribution in [2.45, 2.75) is 45.8 Å². The summed E-state index contributed by atoms with van der Waals surface area (Å²) in [5, 5.41) is 9.56. The summed E-state index contributed by atoms with van der Waals surface area (Å²) in [6.45, 7) is 6.81. The molecule has 4 heteroatoms. The fourth-order valence-corrected chi connectivity index (χ4v) is 2.33. The van der Waals surface area contributed by atoms with Crippen LogP contribution in [-0.4, -0.2) is 35.1 Å². The molecule has 1 atom stereocenters. The topological polar surface area (TPSA) is 49.8 Å². The third-order valence-corrected chi connectivity index (χ3v) is 3.57. The zero-order valence-corrected chi connectivity index (χ0v) is 13.1. The normalized spacial score (nSPS) is 15.9. The van der Waals surface area contributed by atoms with Crippen molar-refractivity contribution in [1.82, 2.24) is 4.90 Å². The van der Waals surface area contributed by atoms with Gasteiger partial charge in [0.15, 0.2) is 6.61 Å². The number of nitrogens with zero attached hydrogens (tertiary/aromatic N) is 1. The minimum absolute atomic E-state index is 0.0497. The van der Waals surface area contributed by atoms with Gasteiger partial charge < -0.3 is 14.7 Å². The Morgan fingerprint density at radius 1 is 1.38 bits per heavy atom. The first-order valence-corrected chi connectivity index (χ1v) is 7.67. The van der Waals surface area contributed by atoms with Gasteiger partial charge in [0, 0.05) is 12.6 Å². The first kappa shape index (κ1) is 15.8. The minimum atomic E-state index is -0.534. The van der Waals surface area contributed by atoms with Crippen molar-refractivity contribution in [3.63, 3.8) is 0 Å². The van der Waals surface area contributed by atoms with Gasteiger partial charge in [0.25, 0.3) is 5.91 Å². The van der Waals surface area contributed by atoms with Gasteiger partial charge in [-0.1, -0.05) is 26.0 Å². The molecular formula is C17H25NO3. The van der Waals surface area contributed by atoms with Crippen LogP contribution in [0.4, 0.5) is 0 Å². The van der Waals surface area contributed by atoms with Gasteiger partial charge in [-0.3, -0.25) is 4.79 Å². The number of hydrogen-bond donors (Lipinski definition) is 1. The maximum atomic E-state index is 12.3. The van der Waals surface area contributed by atoms with Crippen LogP contribution >= 0.6 is 0 Å². The third-order valence-electron chi connectivity index (χ3n) is 3.57. The van der Waals surface area contributed by atoms with E-state index >= 15 is 0 Å². The van der Waals surface area contributed by atoms with E-state index < -0.39 is 6.10 Å². The molecule has 21 heavy (non-hydrogen) atoms. The zero-order chi connectivity index (χ0) is 15.4. The smallest absolute Gasteiger partial charge is 0.260 e. The van der Waals surface area contributed by atoms with Crippen LogP contribution in [0.5, 0.6) is 5.75 Å². The summed E-state index contributed by atoms with van der Waals surface area (Å²) in [6, 6.07) is 7.67. The summed E-state index contributed by atoms with van der Waals surface area (Å²) >= 11 is 0. The predicted octanol–water partition coefficient (Wildman–Crippen LogP) is 2.77. The quantitative estimate of drug-likeness (QED) is 0.840. The number of carbonyl (C=O) groups excluding carboxylic acids is 1. The molecule has 1 amide bonds. The molecule has 0 heterocycles. The molecule has 0 saturated heterocycles. The van der Waals surface area contributed by atoms with Crippen LogP contribution < -0.4 is 4.74 Å². The fourth-order valence-electron chi connectivity index (χ4n) is 2.33. The first-order chi connectivity index (χ1) is 9.97. The molecule has 1 aromatic rings. The largest absolute Gasteiger partial charge is 0.484 e. The number of carbonyl (C=O) groups is 1. The van der Waals surface area contributed by atoms with Crippen molar-refractivity contribution < 1.29 is 14.6 Å². The lowest BCUT2D eigenvalue weighted by Crippen LogP contribution is -2.39. The molecule has 1 aliphatic rings. The highest BCUT2D eigenvalue weighted by atomic mass is 16.5. The molecule has 1 unspecified atom stereocenters. The third kappa shape index (κ3) is 4.74. The molecule has 0 bridgehead atoms. The number of hydrogen-bond acceptors (Lipinski definition) is 3. The van der Waals surface area contributed by atoms with E-state index in [0.29, 0.717) is 17.7 Å². The average molecular weight is 291 g/mol. The van der Waals surface area contributed by atoms with Crippen LogP contribution in [0.25, 0.3) is 0 Å². The van der Waals surface area contributed by atoms with Gasteiger partial charge in [-0.25, -0.2) is 0 Å². The summed E-state index contributed by atoms with van der Waals surface area (Å²) in [5.41, 5.74) is 0.793. The van der Waals surface area contributed by atoms with Crippen molar-refractivity contribution in [2.75, 3.05) is 13.2 Å². The van der Waals surface area contributed by atoms with Gasteiger partial charge in [-0.05, 0) is 43.4 Å².